The number of amides is 1. The van der Waals surface area contributed by atoms with Crippen molar-refractivity contribution in [2.75, 3.05) is 0 Å². The van der Waals surface area contributed by atoms with E-state index in [1.807, 2.05) is 11.5 Å². The van der Waals surface area contributed by atoms with Gasteiger partial charge in [0.15, 0.2) is 0 Å². The van der Waals surface area contributed by atoms with Crippen molar-refractivity contribution in [3.8, 4) is 0 Å². The van der Waals surface area contributed by atoms with Crippen LogP contribution >= 0.6 is 11.6 Å². The fraction of sp³-hybridized carbons (Fsp3) is 0.333. The number of hydrogen-bond donors (Lipinski definition) is 1. The summed E-state index contributed by atoms with van der Waals surface area (Å²) in [5.74, 6) is -0.446. The maximum atomic E-state index is 15.2. The Kier molecular flexibility index (Phi) is 3.78. The van der Waals surface area contributed by atoms with Crippen LogP contribution in [-0.2, 0) is 12.0 Å². The molecular weight excluding hydrogens is 384 g/mol. The number of fused-ring (bicyclic) bond motifs is 6. The SMILES string of the molecule is CC[C@@H]1CC2(CCc3nc4cc(F)c(Cl)cc4n32)c2c(F)cccc2C(=O)N1. The summed E-state index contributed by atoms with van der Waals surface area (Å²) in [4.78, 5) is 17.4. The number of rotatable bonds is 1. The molecular formula is C21H18ClF2N3O. The maximum absolute atomic E-state index is 15.2. The largest absolute Gasteiger partial charge is 0.349 e. The molecule has 1 spiro atoms. The average Bonchev–Trinajstić information content (AvgIpc) is 3.15. The Balaban J connectivity index is 1.87. The molecule has 2 aromatic carbocycles. The van der Waals surface area contributed by atoms with E-state index in [9.17, 15) is 9.18 Å². The molecule has 1 N–H and O–H groups in total. The van der Waals surface area contributed by atoms with E-state index in [1.54, 1.807) is 18.2 Å². The van der Waals surface area contributed by atoms with Crippen molar-refractivity contribution in [1.82, 2.24) is 14.9 Å². The summed E-state index contributed by atoms with van der Waals surface area (Å²) >= 11 is 6.06. The third-order valence-corrected chi connectivity index (χ3v) is 6.38. The van der Waals surface area contributed by atoms with Gasteiger partial charge >= 0.3 is 0 Å². The fourth-order valence-corrected chi connectivity index (χ4v) is 5.04. The zero-order valence-corrected chi connectivity index (χ0v) is 16.0. The number of benzene rings is 2. The number of nitrogens with zero attached hydrogens (tertiary/aromatic N) is 2. The molecule has 0 bridgehead atoms. The zero-order chi connectivity index (χ0) is 19.6. The van der Waals surface area contributed by atoms with Crippen LogP contribution in [0.15, 0.2) is 30.3 Å². The summed E-state index contributed by atoms with van der Waals surface area (Å²) < 4.78 is 31.2. The molecule has 1 unspecified atom stereocenters. The van der Waals surface area contributed by atoms with Crippen LogP contribution in [0.25, 0.3) is 11.0 Å². The third-order valence-electron chi connectivity index (χ3n) is 6.09. The topological polar surface area (TPSA) is 46.9 Å². The lowest BCUT2D eigenvalue weighted by Crippen LogP contribution is -2.39. The Morgan fingerprint density at radius 1 is 1.32 bits per heavy atom. The summed E-state index contributed by atoms with van der Waals surface area (Å²) in [6.07, 6.45) is 2.50. The van der Waals surface area contributed by atoms with Crippen molar-refractivity contribution in [2.24, 2.45) is 0 Å². The minimum absolute atomic E-state index is 0.000807. The third kappa shape index (κ3) is 2.27. The molecule has 0 radical (unpaired) electrons. The van der Waals surface area contributed by atoms with Crippen molar-refractivity contribution in [3.05, 3.63) is 63.9 Å². The molecule has 0 fully saturated rings. The molecule has 4 nitrogen and oxygen atoms in total. The zero-order valence-electron chi connectivity index (χ0n) is 15.2. The summed E-state index contributed by atoms with van der Waals surface area (Å²) in [5, 5.41) is 3.03. The first-order valence-electron chi connectivity index (χ1n) is 9.41. The molecule has 1 aromatic heterocycles. The van der Waals surface area contributed by atoms with Crippen LogP contribution in [0.3, 0.4) is 0 Å². The van der Waals surface area contributed by atoms with Crippen LogP contribution in [0.2, 0.25) is 5.02 Å². The van der Waals surface area contributed by atoms with Gasteiger partial charge in [-0.2, -0.15) is 0 Å². The molecule has 28 heavy (non-hydrogen) atoms. The number of aryl methyl sites for hydroxylation is 1. The number of aromatic nitrogens is 2. The number of halogens is 3. The van der Waals surface area contributed by atoms with Crippen molar-refractivity contribution in [3.63, 3.8) is 0 Å². The van der Waals surface area contributed by atoms with E-state index >= 15 is 4.39 Å². The van der Waals surface area contributed by atoms with Crippen LogP contribution in [0.4, 0.5) is 8.78 Å². The molecule has 0 aliphatic carbocycles. The molecule has 3 heterocycles. The van der Waals surface area contributed by atoms with E-state index in [-0.39, 0.29) is 17.0 Å². The molecule has 7 heteroatoms. The molecule has 2 aliphatic rings. The lowest BCUT2D eigenvalue weighted by molar-refractivity contribution is 0.0936. The smallest absolute Gasteiger partial charge is 0.251 e. The summed E-state index contributed by atoms with van der Waals surface area (Å²) in [6, 6.07) is 7.37. The number of imidazole rings is 1. The highest BCUT2D eigenvalue weighted by Crippen LogP contribution is 2.48. The van der Waals surface area contributed by atoms with Crippen molar-refractivity contribution < 1.29 is 13.6 Å². The molecule has 144 valence electrons. The van der Waals surface area contributed by atoms with Crippen LogP contribution in [-0.4, -0.2) is 21.5 Å². The quantitative estimate of drug-likeness (QED) is 0.649. The number of carbonyl (C=O) groups excluding carboxylic acids is 1. The van der Waals surface area contributed by atoms with E-state index in [1.165, 1.54) is 12.1 Å². The first-order chi connectivity index (χ1) is 13.4. The van der Waals surface area contributed by atoms with Gasteiger partial charge in [-0.05, 0) is 37.5 Å². The van der Waals surface area contributed by atoms with Gasteiger partial charge in [-0.1, -0.05) is 24.6 Å². The molecule has 2 aliphatic heterocycles. The van der Waals surface area contributed by atoms with E-state index in [0.29, 0.717) is 41.4 Å². The highest BCUT2D eigenvalue weighted by Gasteiger charge is 2.48. The Morgan fingerprint density at radius 3 is 2.93 bits per heavy atom. The number of hydrogen-bond acceptors (Lipinski definition) is 2. The second-order valence-corrected chi connectivity index (χ2v) is 8.00. The van der Waals surface area contributed by atoms with Crippen LogP contribution in [0.5, 0.6) is 0 Å². The van der Waals surface area contributed by atoms with Crippen molar-refractivity contribution >= 4 is 28.5 Å². The molecule has 3 aromatic rings. The van der Waals surface area contributed by atoms with Crippen molar-refractivity contribution in [1.29, 1.82) is 0 Å². The predicted molar refractivity (Wildman–Crippen MR) is 103 cm³/mol. The van der Waals surface area contributed by atoms with Gasteiger partial charge in [0.2, 0.25) is 0 Å². The van der Waals surface area contributed by atoms with Gasteiger partial charge in [-0.3, -0.25) is 4.79 Å². The normalized spacial score (nSPS) is 23.6. The summed E-state index contributed by atoms with van der Waals surface area (Å²) in [7, 11) is 0. The molecule has 5 rings (SSSR count). The second-order valence-electron chi connectivity index (χ2n) is 7.60. The number of carbonyl (C=O) groups is 1. The van der Waals surface area contributed by atoms with Gasteiger partial charge in [-0.25, -0.2) is 13.8 Å². The lowest BCUT2D eigenvalue weighted by Gasteiger charge is -2.34. The second kappa shape index (κ2) is 6.01. The van der Waals surface area contributed by atoms with E-state index < -0.39 is 17.2 Å². The lowest BCUT2D eigenvalue weighted by atomic mass is 9.79. The molecule has 0 saturated carbocycles. The average molecular weight is 402 g/mol. The number of nitrogens with one attached hydrogen (secondary N) is 1. The first-order valence-corrected chi connectivity index (χ1v) is 9.79. The van der Waals surface area contributed by atoms with Crippen LogP contribution in [0.1, 0.15) is 47.9 Å². The molecule has 0 saturated heterocycles. The van der Waals surface area contributed by atoms with Gasteiger partial charge in [0.1, 0.15) is 17.5 Å². The molecule has 1 amide bonds. The maximum Gasteiger partial charge on any atom is 0.251 e. The van der Waals surface area contributed by atoms with E-state index in [0.717, 1.165) is 12.2 Å². The minimum Gasteiger partial charge on any atom is -0.349 e. The van der Waals surface area contributed by atoms with Gasteiger partial charge < -0.3 is 9.88 Å². The standard InChI is InChI=1S/C21H18ClF2N3O/c1-2-11-10-21(19-12(20(28)25-11)4-3-5-14(19)23)7-6-18-26-16-9-15(24)13(22)8-17(16)27(18)21/h3-5,8-9,11H,2,6-7,10H2,1H3,(H,25,28)/t11-,21?/m1/s1. The Labute approximate surface area is 165 Å². The van der Waals surface area contributed by atoms with Crippen LogP contribution < -0.4 is 5.32 Å². The van der Waals surface area contributed by atoms with Gasteiger partial charge in [0.05, 0.1) is 21.6 Å². The minimum atomic E-state index is -0.772. The fourth-order valence-electron chi connectivity index (χ4n) is 4.89. The first kappa shape index (κ1) is 17.6. The van der Waals surface area contributed by atoms with Gasteiger partial charge in [0.25, 0.3) is 5.91 Å². The Bertz CT molecular complexity index is 1140. The van der Waals surface area contributed by atoms with Gasteiger partial charge in [0, 0.05) is 29.7 Å². The predicted octanol–water partition coefficient (Wildman–Crippen LogP) is 4.57. The summed E-state index contributed by atoms with van der Waals surface area (Å²) in [5.41, 5.74) is 1.12. The van der Waals surface area contributed by atoms with E-state index in [4.69, 9.17) is 11.6 Å². The van der Waals surface area contributed by atoms with Crippen LogP contribution in [0, 0.1) is 11.6 Å². The summed E-state index contributed by atoms with van der Waals surface area (Å²) in [6.45, 7) is 2.00. The van der Waals surface area contributed by atoms with Gasteiger partial charge in [-0.15, -0.1) is 0 Å². The van der Waals surface area contributed by atoms with Crippen molar-refractivity contribution in [2.45, 2.75) is 44.2 Å². The monoisotopic (exact) mass is 401 g/mol. The Morgan fingerprint density at radius 2 is 2.14 bits per heavy atom. The Hall–Kier alpha value is -2.47. The van der Waals surface area contributed by atoms with E-state index in [2.05, 4.69) is 10.3 Å². The molecule has 2 atom stereocenters. The highest BCUT2D eigenvalue weighted by molar-refractivity contribution is 6.31. The highest BCUT2D eigenvalue weighted by atomic mass is 35.5.